The Hall–Kier alpha value is -0.710. The van der Waals surface area contributed by atoms with Crippen molar-refractivity contribution in [1.29, 1.82) is 0 Å². The van der Waals surface area contributed by atoms with Crippen molar-refractivity contribution in [2.75, 3.05) is 40.3 Å². The molecule has 0 amide bonds. The van der Waals surface area contributed by atoms with Gasteiger partial charge in [-0.15, -0.1) is 0 Å². The Kier molecular flexibility index (Phi) is 7.41. The molecular formula is C16H25BrN2O. The molecule has 0 atom stereocenters. The molecular weight excluding hydrogens is 316 g/mol. The standard InChI is InChI=1S/C16H25BrN2O/c1-13(2)11-19(9-8-18(3)4)12-16(20)14-6-5-7-15(17)10-14/h5-7,10,13H,8-9,11-12H2,1-4H3. The van der Waals surface area contributed by atoms with E-state index in [1.165, 1.54) is 0 Å². The SMILES string of the molecule is CC(C)CN(CCN(C)C)CC(=O)c1cccc(Br)c1. The van der Waals surface area contributed by atoms with Gasteiger partial charge in [-0.3, -0.25) is 9.69 Å². The fourth-order valence-corrected chi connectivity index (χ4v) is 2.45. The van der Waals surface area contributed by atoms with Gasteiger partial charge in [-0.2, -0.15) is 0 Å². The molecule has 0 aliphatic carbocycles. The van der Waals surface area contributed by atoms with Gasteiger partial charge in [-0.1, -0.05) is 41.9 Å². The summed E-state index contributed by atoms with van der Waals surface area (Å²) in [5, 5.41) is 0. The molecule has 1 rings (SSSR count). The van der Waals surface area contributed by atoms with Crippen molar-refractivity contribution >= 4 is 21.7 Å². The van der Waals surface area contributed by atoms with Gasteiger partial charge in [-0.25, -0.2) is 0 Å². The molecule has 3 nitrogen and oxygen atoms in total. The van der Waals surface area contributed by atoms with Gasteiger partial charge in [0.15, 0.2) is 5.78 Å². The summed E-state index contributed by atoms with van der Waals surface area (Å²) in [7, 11) is 4.12. The molecule has 112 valence electrons. The molecule has 0 saturated carbocycles. The Morgan fingerprint density at radius 1 is 1.25 bits per heavy atom. The van der Waals surface area contributed by atoms with Crippen LogP contribution in [-0.2, 0) is 0 Å². The summed E-state index contributed by atoms with van der Waals surface area (Å²) < 4.78 is 0.951. The van der Waals surface area contributed by atoms with Crippen LogP contribution in [0.3, 0.4) is 0 Å². The zero-order valence-corrected chi connectivity index (χ0v) is 14.5. The van der Waals surface area contributed by atoms with Crippen molar-refractivity contribution < 1.29 is 4.79 Å². The first-order chi connectivity index (χ1) is 9.38. The molecule has 0 saturated heterocycles. The summed E-state index contributed by atoms with van der Waals surface area (Å²) in [6.07, 6.45) is 0. The predicted molar refractivity (Wildman–Crippen MR) is 88.3 cm³/mol. The number of ketones is 1. The normalized spacial score (nSPS) is 11.6. The van der Waals surface area contributed by atoms with E-state index in [4.69, 9.17) is 0 Å². The molecule has 0 radical (unpaired) electrons. The lowest BCUT2D eigenvalue weighted by atomic mass is 10.1. The second-order valence-corrected chi connectivity index (χ2v) is 6.78. The first-order valence-corrected chi connectivity index (χ1v) is 7.83. The number of benzene rings is 1. The zero-order chi connectivity index (χ0) is 15.1. The van der Waals surface area contributed by atoms with Gasteiger partial charge in [0.1, 0.15) is 0 Å². The van der Waals surface area contributed by atoms with E-state index in [9.17, 15) is 4.79 Å². The Labute approximate surface area is 131 Å². The van der Waals surface area contributed by atoms with E-state index in [1.54, 1.807) is 0 Å². The highest BCUT2D eigenvalue weighted by Gasteiger charge is 2.14. The van der Waals surface area contributed by atoms with Crippen molar-refractivity contribution in [1.82, 2.24) is 9.80 Å². The van der Waals surface area contributed by atoms with E-state index in [2.05, 4.69) is 53.7 Å². The molecule has 0 aliphatic heterocycles. The van der Waals surface area contributed by atoms with E-state index in [0.717, 1.165) is 29.7 Å². The van der Waals surface area contributed by atoms with E-state index in [0.29, 0.717) is 12.5 Å². The van der Waals surface area contributed by atoms with Crippen LogP contribution in [0.25, 0.3) is 0 Å². The van der Waals surface area contributed by atoms with Gasteiger partial charge in [0.05, 0.1) is 6.54 Å². The highest BCUT2D eigenvalue weighted by molar-refractivity contribution is 9.10. The summed E-state index contributed by atoms with van der Waals surface area (Å²) in [6, 6.07) is 7.62. The van der Waals surface area contributed by atoms with Gasteiger partial charge < -0.3 is 4.90 Å². The number of hydrogen-bond donors (Lipinski definition) is 0. The molecule has 0 N–H and O–H groups in total. The maximum absolute atomic E-state index is 12.4. The number of halogens is 1. The van der Waals surface area contributed by atoms with Crippen LogP contribution in [0.5, 0.6) is 0 Å². The molecule has 0 aliphatic rings. The molecule has 0 aromatic heterocycles. The lowest BCUT2D eigenvalue weighted by Crippen LogP contribution is -2.37. The minimum Gasteiger partial charge on any atom is -0.308 e. The van der Waals surface area contributed by atoms with Crippen molar-refractivity contribution in [2.45, 2.75) is 13.8 Å². The van der Waals surface area contributed by atoms with Gasteiger partial charge in [0.25, 0.3) is 0 Å². The first kappa shape index (κ1) is 17.3. The fraction of sp³-hybridized carbons (Fsp3) is 0.562. The molecule has 0 fully saturated rings. The molecule has 20 heavy (non-hydrogen) atoms. The van der Waals surface area contributed by atoms with Crippen LogP contribution >= 0.6 is 15.9 Å². The van der Waals surface area contributed by atoms with Crippen molar-refractivity contribution in [2.24, 2.45) is 5.92 Å². The summed E-state index contributed by atoms with van der Waals surface area (Å²) in [5.41, 5.74) is 0.776. The Bertz CT molecular complexity index is 432. The maximum Gasteiger partial charge on any atom is 0.176 e. The number of carbonyl (C=O) groups is 1. The van der Waals surface area contributed by atoms with Crippen LogP contribution in [0.4, 0.5) is 0 Å². The minimum atomic E-state index is 0.186. The second kappa shape index (κ2) is 8.55. The number of nitrogens with zero attached hydrogens (tertiary/aromatic N) is 2. The third-order valence-corrected chi connectivity index (χ3v) is 3.49. The van der Waals surface area contributed by atoms with E-state index >= 15 is 0 Å². The monoisotopic (exact) mass is 340 g/mol. The number of hydrogen-bond acceptors (Lipinski definition) is 3. The predicted octanol–water partition coefficient (Wildman–Crippen LogP) is 3.15. The third kappa shape index (κ3) is 6.64. The molecule has 0 spiro atoms. The zero-order valence-electron chi connectivity index (χ0n) is 12.9. The average molecular weight is 341 g/mol. The highest BCUT2D eigenvalue weighted by atomic mass is 79.9. The summed E-state index contributed by atoms with van der Waals surface area (Å²) in [5.74, 6) is 0.748. The fourth-order valence-electron chi connectivity index (χ4n) is 2.05. The van der Waals surface area contributed by atoms with Crippen LogP contribution in [-0.4, -0.2) is 55.9 Å². The van der Waals surface area contributed by atoms with Gasteiger partial charge in [0, 0.05) is 29.7 Å². The minimum absolute atomic E-state index is 0.186. The molecule has 0 unspecified atom stereocenters. The summed E-state index contributed by atoms with van der Waals surface area (Å²) in [6.45, 7) is 7.71. The maximum atomic E-state index is 12.4. The number of rotatable bonds is 8. The Morgan fingerprint density at radius 2 is 1.95 bits per heavy atom. The molecule has 0 heterocycles. The highest BCUT2D eigenvalue weighted by Crippen LogP contribution is 2.13. The lowest BCUT2D eigenvalue weighted by molar-refractivity contribution is 0.0916. The molecule has 0 bridgehead atoms. The van der Waals surface area contributed by atoms with Gasteiger partial charge >= 0.3 is 0 Å². The van der Waals surface area contributed by atoms with Crippen LogP contribution in [0.1, 0.15) is 24.2 Å². The van der Waals surface area contributed by atoms with Gasteiger partial charge in [-0.05, 0) is 32.1 Å². The van der Waals surface area contributed by atoms with Crippen molar-refractivity contribution in [3.05, 3.63) is 34.3 Å². The lowest BCUT2D eigenvalue weighted by Gasteiger charge is -2.25. The van der Waals surface area contributed by atoms with E-state index in [1.807, 2.05) is 24.3 Å². The van der Waals surface area contributed by atoms with E-state index < -0.39 is 0 Å². The van der Waals surface area contributed by atoms with Crippen LogP contribution in [0, 0.1) is 5.92 Å². The number of Topliss-reactive ketones (excluding diaryl/α,β-unsaturated/α-hetero) is 1. The Morgan fingerprint density at radius 3 is 2.50 bits per heavy atom. The number of likely N-dealkylation sites (N-methyl/N-ethyl adjacent to an activating group) is 1. The molecule has 4 heteroatoms. The van der Waals surface area contributed by atoms with Crippen LogP contribution in [0.15, 0.2) is 28.7 Å². The summed E-state index contributed by atoms with van der Waals surface area (Å²) in [4.78, 5) is 16.8. The first-order valence-electron chi connectivity index (χ1n) is 7.04. The quantitative estimate of drug-likeness (QED) is 0.679. The van der Waals surface area contributed by atoms with Crippen molar-refractivity contribution in [3.8, 4) is 0 Å². The third-order valence-electron chi connectivity index (χ3n) is 3.00. The topological polar surface area (TPSA) is 23.6 Å². The van der Waals surface area contributed by atoms with Crippen LogP contribution < -0.4 is 0 Å². The van der Waals surface area contributed by atoms with Crippen molar-refractivity contribution in [3.63, 3.8) is 0 Å². The number of carbonyl (C=O) groups excluding carboxylic acids is 1. The summed E-state index contributed by atoms with van der Waals surface area (Å²) >= 11 is 3.41. The van der Waals surface area contributed by atoms with Crippen LogP contribution in [0.2, 0.25) is 0 Å². The smallest absolute Gasteiger partial charge is 0.176 e. The molecule has 1 aromatic rings. The second-order valence-electron chi connectivity index (χ2n) is 5.87. The van der Waals surface area contributed by atoms with E-state index in [-0.39, 0.29) is 5.78 Å². The van der Waals surface area contributed by atoms with Gasteiger partial charge in [0.2, 0.25) is 0 Å². The average Bonchev–Trinajstić information content (AvgIpc) is 2.35. The molecule has 1 aromatic carbocycles. The Balaban J connectivity index is 2.65. The largest absolute Gasteiger partial charge is 0.308 e.